The van der Waals surface area contributed by atoms with Crippen molar-refractivity contribution < 1.29 is 27.1 Å². The average molecular weight is 604 g/mol. The van der Waals surface area contributed by atoms with E-state index >= 15 is 0 Å². The average Bonchev–Trinajstić information content (AvgIpc) is 3.03. The fraction of sp³-hybridized carbons (Fsp3) is 0.212. The minimum atomic E-state index is -4.22. The monoisotopic (exact) mass is 603 g/mol. The van der Waals surface area contributed by atoms with Gasteiger partial charge in [-0.25, -0.2) is 12.8 Å². The fourth-order valence-corrected chi connectivity index (χ4v) is 6.07. The van der Waals surface area contributed by atoms with Crippen LogP contribution in [-0.2, 0) is 32.6 Å². The molecule has 43 heavy (non-hydrogen) atoms. The van der Waals surface area contributed by atoms with E-state index in [1.54, 1.807) is 43.3 Å². The van der Waals surface area contributed by atoms with Crippen molar-refractivity contribution in [2.75, 3.05) is 24.5 Å². The van der Waals surface area contributed by atoms with Crippen LogP contribution in [0.1, 0.15) is 18.1 Å². The van der Waals surface area contributed by atoms with E-state index in [1.807, 2.05) is 30.3 Å². The maximum atomic E-state index is 14.3. The smallest absolute Gasteiger partial charge is 0.264 e. The number of rotatable bonds is 13. The van der Waals surface area contributed by atoms with Crippen molar-refractivity contribution in [3.63, 3.8) is 0 Å². The number of carbonyl (C=O) groups excluding carboxylic acids is 2. The molecular weight excluding hydrogens is 569 g/mol. The van der Waals surface area contributed by atoms with E-state index in [0.29, 0.717) is 17.9 Å². The van der Waals surface area contributed by atoms with Crippen molar-refractivity contribution in [1.82, 2.24) is 10.2 Å². The molecule has 0 radical (unpaired) electrons. The zero-order chi connectivity index (χ0) is 30.8. The molecule has 0 bridgehead atoms. The Balaban J connectivity index is 1.79. The van der Waals surface area contributed by atoms with Gasteiger partial charge in [-0.3, -0.25) is 13.9 Å². The van der Waals surface area contributed by atoms with E-state index in [-0.39, 0.29) is 29.5 Å². The van der Waals surface area contributed by atoms with Crippen molar-refractivity contribution in [2.45, 2.75) is 30.8 Å². The summed E-state index contributed by atoms with van der Waals surface area (Å²) in [5.41, 5.74) is 1.61. The highest BCUT2D eigenvalue weighted by atomic mass is 32.2. The molecule has 0 heterocycles. The van der Waals surface area contributed by atoms with E-state index < -0.39 is 34.3 Å². The first-order valence-electron chi connectivity index (χ1n) is 13.8. The summed E-state index contributed by atoms with van der Waals surface area (Å²) in [5.74, 6) is -1.03. The molecule has 4 aromatic rings. The Bertz CT molecular complexity index is 1620. The Morgan fingerprint density at radius 3 is 2.14 bits per heavy atom. The van der Waals surface area contributed by atoms with Gasteiger partial charge in [0.1, 0.15) is 24.2 Å². The predicted molar refractivity (Wildman–Crippen MR) is 164 cm³/mol. The normalized spacial score (nSPS) is 11.8. The Kier molecular flexibility index (Phi) is 10.5. The van der Waals surface area contributed by atoms with E-state index in [4.69, 9.17) is 4.74 Å². The highest BCUT2D eigenvalue weighted by Crippen LogP contribution is 2.28. The zero-order valence-electron chi connectivity index (χ0n) is 24.0. The summed E-state index contributed by atoms with van der Waals surface area (Å²) in [5, 5.41) is 2.81. The maximum Gasteiger partial charge on any atom is 0.264 e. The van der Waals surface area contributed by atoms with Crippen LogP contribution in [0.25, 0.3) is 0 Å². The molecule has 0 aromatic heterocycles. The third-order valence-corrected chi connectivity index (χ3v) is 8.63. The molecule has 0 spiro atoms. The predicted octanol–water partition coefficient (Wildman–Crippen LogP) is 4.81. The second-order valence-electron chi connectivity index (χ2n) is 9.77. The van der Waals surface area contributed by atoms with Gasteiger partial charge >= 0.3 is 0 Å². The number of halogens is 1. The number of carbonyl (C=O) groups is 2. The standard InChI is InChI=1S/C33H34FN3O5S/c1-3-35-33(39)31(21-25-11-6-4-7-12-25)36(23-26-17-19-27(34)20-18-26)32(38)24-37(28-13-10-14-29(22-28)42-2)43(40,41)30-15-8-5-9-16-30/h4-20,22,31H,3,21,23-24H2,1-2H3,(H,35,39)/t31-/m0/s1. The summed E-state index contributed by atoms with van der Waals surface area (Å²) >= 11 is 0. The lowest BCUT2D eigenvalue weighted by Gasteiger charge is -2.34. The molecule has 0 aliphatic heterocycles. The quantitative estimate of drug-likeness (QED) is 0.237. The second-order valence-corrected chi connectivity index (χ2v) is 11.6. The van der Waals surface area contributed by atoms with Gasteiger partial charge in [-0.1, -0.05) is 66.7 Å². The van der Waals surface area contributed by atoms with Crippen LogP contribution in [0.15, 0.2) is 114 Å². The van der Waals surface area contributed by atoms with Gasteiger partial charge in [0.2, 0.25) is 11.8 Å². The Morgan fingerprint density at radius 2 is 1.51 bits per heavy atom. The topological polar surface area (TPSA) is 96.0 Å². The summed E-state index contributed by atoms with van der Waals surface area (Å²) in [6.07, 6.45) is 0.185. The number of sulfonamides is 1. The number of methoxy groups -OCH3 is 1. The molecule has 0 unspecified atom stereocenters. The van der Waals surface area contributed by atoms with Crippen molar-refractivity contribution >= 4 is 27.5 Å². The number of hydrogen-bond donors (Lipinski definition) is 1. The van der Waals surface area contributed by atoms with Crippen LogP contribution in [0.3, 0.4) is 0 Å². The highest BCUT2D eigenvalue weighted by Gasteiger charge is 2.34. The first-order valence-corrected chi connectivity index (χ1v) is 15.2. The molecule has 4 aromatic carbocycles. The number of ether oxygens (including phenoxy) is 1. The van der Waals surface area contributed by atoms with Gasteiger partial charge in [0.15, 0.2) is 0 Å². The van der Waals surface area contributed by atoms with E-state index in [2.05, 4.69) is 5.32 Å². The molecule has 224 valence electrons. The van der Waals surface area contributed by atoms with Crippen molar-refractivity contribution in [2.24, 2.45) is 0 Å². The third-order valence-electron chi connectivity index (χ3n) is 6.84. The van der Waals surface area contributed by atoms with Crippen LogP contribution < -0.4 is 14.4 Å². The number of likely N-dealkylation sites (N-methyl/N-ethyl adjacent to an activating group) is 1. The van der Waals surface area contributed by atoms with Crippen LogP contribution >= 0.6 is 0 Å². The van der Waals surface area contributed by atoms with Gasteiger partial charge < -0.3 is 15.0 Å². The van der Waals surface area contributed by atoms with Crippen LogP contribution in [0.5, 0.6) is 5.75 Å². The fourth-order valence-electron chi connectivity index (χ4n) is 4.65. The lowest BCUT2D eigenvalue weighted by Crippen LogP contribution is -2.53. The van der Waals surface area contributed by atoms with Gasteiger partial charge in [0.25, 0.3) is 10.0 Å². The molecule has 10 heteroatoms. The summed E-state index contributed by atoms with van der Waals surface area (Å²) in [7, 11) is -2.76. The number of anilines is 1. The van der Waals surface area contributed by atoms with Crippen molar-refractivity contribution in [1.29, 1.82) is 0 Å². The number of nitrogens with zero attached hydrogens (tertiary/aromatic N) is 2. The Morgan fingerprint density at radius 1 is 0.860 bits per heavy atom. The molecule has 1 atom stereocenters. The van der Waals surface area contributed by atoms with Crippen molar-refractivity contribution in [3.05, 3.63) is 126 Å². The first kappa shape index (κ1) is 31.2. The number of nitrogens with one attached hydrogen (secondary N) is 1. The van der Waals surface area contributed by atoms with Gasteiger partial charge in [-0.2, -0.15) is 0 Å². The molecule has 4 rings (SSSR count). The lowest BCUT2D eigenvalue weighted by atomic mass is 10.0. The van der Waals surface area contributed by atoms with Crippen LogP contribution in [-0.4, -0.2) is 51.4 Å². The molecule has 0 fully saturated rings. The Labute approximate surface area is 251 Å². The molecule has 0 aliphatic rings. The minimum absolute atomic E-state index is 0.000246. The number of benzene rings is 4. The van der Waals surface area contributed by atoms with E-state index in [1.165, 1.54) is 54.5 Å². The van der Waals surface area contributed by atoms with Crippen molar-refractivity contribution in [3.8, 4) is 5.75 Å². The second kappa shape index (κ2) is 14.5. The number of amides is 2. The molecule has 2 amide bonds. The van der Waals surface area contributed by atoms with Crippen LogP contribution in [0.4, 0.5) is 10.1 Å². The highest BCUT2D eigenvalue weighted by molar-refractivity contribution is 7.92. The summed E-state index contributed by atoms with van der Waals surface area (Å²) < 4.78 is 48.0. The molecule has 8 nitrogen and oxygen atoms in total. The Hall–Kier alpha value is -4.70. The molecule has 0 aliphatic carbocycles. The zero-order valence-corrected chi connectivity index (χ0v) is 24.8. The van der Waals surface area contributed by atoms with Gasteiger partial charge in [0.05, 0.1) is 17.7 Å². The number of hydrogen-bond acceptors (Lipinski definition) is 5. The molecule has 0 saturated heterocycles. The molecular formula is C33H34FN3O5S. The summed E-state index contributed by atoms with van der Waals surface area (Å²) in [6, 6.07) is 28.1. The van der Waals surface area contributed by atoms with Crippen LogP contribution in [0, 0.1) is 5.82 Å². The summed E-state index contributed by atoms with van der Waals surface area (Å²) in [6.45, 7) is 1.46. The largest absolute Gasteiger partial charge is 0.497 e. The van der Waals surface area contributed by atoms with Gasteiger partial charge in [-0.15, -0.1) is 0 Å². The SMILES string of the molecule is CCNC(=O)[C@H](Cc1ccccc1)N(Cc1ccc(F)cc1)C(=O)CN(c1cccc(OC)c1)S(=O)(=O)c1ccccc1. The molecule has 1 N–H and O–H groups in total. The maximum absolute atomic E-state index is 14.3. The third kappa shape index (κ3) is 7.98. The van der Waals surface area contributed by atoms with Crippen LogP contribution in [0.2, 0.25) is 0 Å². The van der Waals surface area contributed by atoms with Gasteiger partial charge in [0, 0.05) is 25.6 Å². The summed E-state index contributed by atoms with van der Waals surface area (Å²) in [4.78, 5) is 29.1. The van der Waals surface area contributed by atoms with Gasteiger partial charge in [-0.05, 0) is 54.4 Å². The van der Waals surface area contributed by atoms with E-state index in [9.17, 15) is 22.4 Å². The molecule has 0 saturated carbocycles. The first-order chi connectivity index (χ1) is 20.7. The lowest BCUT2D eigenvalue weighted by molar-refractivity contribution is -0.140. The minimum Gasteiger partial charge on any atom is -0.497 e. The van der Waals surface area contributed by atoms with E-state index in [0.717, 1.165) is 9.87 Å².